The van der Waals surface area contributed by atoms with Gasteiger partial charge in [-0.25, -0.2) is 0 Å². The van der Waals surface area contributed by atoms with E-state index in [0.29, 0.717) is 0 Å². The number of rotatable bonds is 9. The minimum Gasteiger partial charge on any atom is -0.311 e. The lowest BCUT2D eigenvalue weighted by molar-refractivity contribution is 0.591. The monoisotopic (exact) mass is 1630 g/mol. The van der Waals surface area contributed by atoms with Gasteiger partial charge in [-0.2, -0.15) is 0 Å². The summed E-state index contributed by atoms with van der Waals surface area (Å²) in [6, 6.07) is 93.4. The van der Waals surface area contributed by atoms with Crippen molar-refractivity contribution in [3.63, 3.8) is 0 Å². The molecule has 6 nitrogen and oxygen atoms in total. The number of aryl methyl sites for hydroxylation is 14. The maximum absolute atomic E-state index is 2.72. The summed E-state index contributed by atoms with van der Waals surface area (Å²) in [5.41, 5.74) is 64.3. The predicted molar refractivity (Wildman–Crippen MR) is 545 cm³/mol. The summed E-state index contributed by atoms with van der Waals surface area (Å²) in [6.45, 7) is 57.6. The van der Waals surface area contributed by atoms with Crippen molar-refractivity contribution in [1.29, 1.82) is 0 Å². The molecule has 6 aliphatic heterocycles. The lowest BCUT2D eigenvalue weighted by atomic mass is 9.32. The van der Waals surface area contributed by atoms with Crippen LogP contribution in [0.5, 0.6) is 0 Å². The summed E-state index contributed by atoms with van der Waals surface area (Å²) in [7, 11) is 0. The van der Waals surface area contributed by atoms with Crippen molar-refractivity contribution in [3.8, 4) is 0 Å². The van der Waals surface area contributed by atoms with Crippen LogP contribution in [-0.2, 0) is 10.8 Å². The molecule has 0 radical (unpaired) electrons. The summed E-state index contributed by atoms with van der Waals surface area (Å²) < 4.78 is 0. The van der Waals surface area contributed by atoms with Crippen LogP contribution in [0.15, 0.2) is 231 Å². The second-order valence-corrected chi connectivity index (χ2v) is 39.8. The molecular formula is C117H113B3N6. The van der Waals surface area contributed by atoms with Crippen molar-refractivity contribution in [2.45, 2.75) is 184 Å². The van der Waals surface area contributed by atoms with Gasteiger partial charge in [-0.3, -0.25) is 0 Å². The summed E-state index contributed by atoms with van der Waals surface area (Å²) in [4.78, 5) is 15.8. The molecule has 21 rings (SSSR count). The van der Waals surface area contributed by atoms with Gasteiger partial charge in [-0.15, -0.1) is 0 Å². The van der Waals surface area contributed by atoms with Gasteiger partial charge in [0.15, 0.2) is 0 Å². The molecule has 0 atom stereocenters. The summed E-state index contributed by atoms with van der Waals surface area (Å²) in [5.74, 6) is 0. The molecule has 6 heterocycles. The van der Waals surface area contributed by atoms with E-state index in [9.17, 15) is 0 Å². The van der Waals surface area contributed by atoms with Crippen molar-refractivity contribution in [2.75, 3.05) is 29.4 Å². The molecular weight excluding hydrogens is 1520 g/mol. The Morgan fingerprint density at radius 3 is 0.675 bits per heavy atom. The Bertz CT molecular complexity index is 6910. The SMILES string of the molecule is Cc1ccc(N2c3ccc(C(C)(c4ccc5c(c4)B4c6c(cc(C)cc6N(c6cc(C)c(C)c(C)c6)c6cc(C)c(C)c(C)c64)N5c4ccc(C)cc4)c4ccc5c(c4)B4c6c(cc(C)cc6N(c6cc(C)c(C)c(C)c6)c6cc(C)c(C)c(C)c64)N5c4ccc(C)cc4)cc3B3c4cc(C(C)(C)C)ccc4N(c4cc(C)c(C)c(C)c4)c4cc(C)cc2c43)cc1. The Labute approximate surface area is 749 Å². The first kappa shape index (κ1) is 80.4. The van der Waals surface area contributed by atoms with Gasteiger partial charge in [0.1, 0.15) is 0 Å². The van der Waals surface area contributed by atoms with Crippen molar-refractivity contribution in [2.24, 2.45) is 0 Å². The van der Waals surface area contributed by atoms with Crippen LogP contribution in [0.1, 0.15) is 167 Å². The highest BCUT2D eigenvalue weighted by molar-refractivity contribution is 7.02. The quantitative estimate of drug-likeness (QED) is 0.105. The lowest BCUT2D eigenvalue weighted by Gasteiger charge is -2.47. The number of anilines is 18. The van der Waals surface area contributed by atoms with Gasteiger partial charge in [0.25, 0.3) is 20.1 Å². The Morgan fingerprint density at radius 1 is 0.175 bits per heavy atom. The minimum absolute atomic E-state index is 0.153. The standard InChI is InChI=1S/C117H113B3N6/c1-64-26-36-89(37-27-64)121-99-43-33-86(61-96(99)118-95-60-85(116(22,23)24)32-42-100(95)124(92-52-70(7)78(15)71(8)53-92)104-47-67(4)46-103(121)113(104)118)117(25,87-34-44-101-97(62-87)119-111-83(20)81(18)76(13)58-109(111)125(93-54-72(9)79(16)73(10)55-93)107-50-68(5)48-105(114(107)119)122(101)90-38-28-65(2)29-39-90)88-35-45-102-98(63-88)120-112-84(21)82(19)77(14)59-110(112)126(94-56-74(11)80(17)75(12)57-94)108-51-69(6)49-106(115(108)120)123(102)91-40-30-66(3)31-41-91/h26-63H,1-25H3. The van der Waals surface area contributed by atoms with E-state index in [1.807, 2.05) is 0 Å². The Hall–Kier alpha value is -12.7. The zero-order valence-electron chi connectivity index (χ0n) is 78.4. The molecule has 126 heavy (non-hydrogen) atoms. The van der Waals surface area contributed by atoms with E-state index in [4.69, 9.17) is 0 Å². The molecule has 15 aromatic carbocycles. The highest BCUT2D eigenvalue weighted by Crippen LogP contribution is 2.54. The highest BCUT2D eigenvalue weighted by Gasteiger charge is 2.51. The van der Waals surface area contributed by atoms with Gasteiger partial charge in [-0.1, -0.05) is 134 Å². The number of benzene rings is 15. The molecule has 15 aromatic rings. The molecule has 0 N–H and O–H groups in total. The predicted octanol–water partition coefficient (Wildman–Crippen LogP) is 25.1. The fraction of sp³-hybridized carbons (Fsp3) is 0.231. The van der Waals surface area contributed by atoms with Gasteiger partial charge in [-0.05, 0) is 464 Å². The fourth-order valence-corrected chi connectivity index (χ4v) is 22.7. The molecule has 0 spiro atoms. The Balaban J connectivity index is 0.892. The van der Waals surface area contributed by atoms with Gasteiger partial charge in [0, 0.05) is 108 Å². The van der Waals surface area contributed by atoms with E-state index in [2.05, 4.69) is 433 Å². The summed E-state index contributed by atoms with van der Waals surface area (Å²) >= 11 is 0. The van der Waals surface area contributed by atoms with Crippen LogP contribution >= 0.6 is 0 Å². The fourth-order valence-electron chi connectivity index (χ4n) is 22.7. The largest absolute Gasteiger partial charge is 0.311 e. The third kappa shape index (κ3) is 11.9. The van der Waals surface area contributed by atoms with Gasteiger partial charge < -0.3 is 29.4 Å². The third-order valence-corrected chi connectivity index (χ3v) is 30.9. The molecule has 0 bridgehead atoms. The number of hydrogen-bond donors (Lipinski definition) is 0. The van der Waals surface area contributed by atoms with Crippen LogP contribution in [0.4, 0.5) is 102 Å². The average molecular weight is 1640 g/mol. The topological polar surface area (TPSA) is 19.4 Å². The first-order valence-corrected chi connectivity index (χ1v) is 45.6. The lowest BCUT2D eigenvalue weighted by Crippen LogP contribution is -2.62. The second-order valence-electron chi connectivity index (χ2n) is 39.8. The first-order chi connectivity index (χ1) is 60.1. The van der Waals surface area contributed by atoms with E-state index >= 15 is 0 Å². The number of hydrogen-bond acceptors (Lipinski definition) is 6. The molecule has 0 aliphatic carbocycles. The maximum atomic E-state index is 2.72. The van der Waals surface area contributed by atoms with Crippen molar-refractivity contribution < 1.29 is 0 Å². The highest BCUT2D eigenvalue weighted by atomic mass is 15.2. The average Bonchev–Trinajstić information content (AvgIpc) is 0.672. The Morgan fingerprint density at radius 2 is 0.397 bits per heavy atom. The number of fused-ring (bicyclic) bond motifs is 12. The van der Waals surface area contributed by atoms with Gasteiger partial charge in [0.2, 0.25) is 0 Å². The minimum atomic E-state index is -0.883. The molecule has 6 aliphatic rings. The maximum Gasteiger partial charge on any atom is 0.252 e. The summed E-state index contributed by atoms with van der Waals surface area (Å²) in [6.07, 6.45) is 0. The first-order valence-electron chi connectivity index (χ1n) is 45.6. The van der Waals surface area contributed by atoms with Crippen molar-refractivity contribution >= 4 is 172 Å². The van der Waals surface area contributed by atoms with E-state index in [-0.39, 0.29) is 25.6 Å². The second kappa shape index (κ2) is 28.7. The molecule has 9 heteroatoms. The Kier molecular flexibility index (Phi) is 18.3. The normalized spacial score (nSPS) is 13.8. The zero-order chi connectivity index (χ0) is 88.1. The molecule has 620 valence electrons. The van der Waals surface area contributed by atoms with E-state index in [0.717, 1.165) is 17.1 Å². The van der Waals surface area contributed by atoms with Crippen molar-refractivity contribution in [3.05, 3.63) is 370 Å². The molecule has 0 aromatic heterocycles. The zero-order valence-corrected chi connectivity index (χ0v) is 78.4. The van der Waals surface area contributed by atoms with Gasteiger partial charge in [0.05, 0.1) is 0 Å². The van der Waals surface area contributed by atoms with E-state index in [1.54, 1.807) is 0 Å². The van der Waals surface area contributed by atoms with Crippen molar-refractivity contribution in [1.82, 2.24) is 0 Å². The number of nitrogens with zero attached hydrogens (tertiary/aromatic N) is 6. The smallest absolute Gasteiger partial charge is 0.252 e. The van der Waals surface area contributed by atoms with Crippen LogP contribution in [0.2, 0.25) is 0 Å². The molecule has 0 unspecified atom stereocenters. The molecule has 0 saturated heterocycles. The van der Waals surface area contributed by atoms with Crippen LogP contribution in [0, 0.1) is 145 Å². The summed E-state index contributed by atoms with van der Waals surface area (Å²) in [5, 5.41) is 0. The molecule has 0 amide bonds. The van der Waals surface area contributed by atoms with Crippen LogP contribution in [-0.4, -0.2) is 20.1 Å². The molecule has 0 fully saturated rings. The van der Waals surface area contributed by atoms with Gasteiger partial charge >= 0.3 is 0 Å². The van der Waals surface area contributed by atoms with Crippen LogP contribution < -0.4 is 78.6 Å². The van der Waals surface area contributed by atoms with E-state index < -0.39 is 5.41 Å². The van der Waals surface area contributed by atoms with Crippen LogP contribution in [0.3, 0.4) is 0 Å². The van der Waals surface area contributed by atoms with Crippen LogP contribution in [0.25, 0.3) is 0 Å². The molecule has 0 saturated carbocycles. The third-order valence-electron chi connectivity index (χ3n) is 30.9. The van der Waals surface area contributed by atoms with E-state index in [1.165, 1.54) is 274 Å².